The van der Waals surface area contributed by atoms with Crippen molar-refractivity contribution < 1.29 is 4.79 Å². The molecule has 2 saturated heterocycles. The molecule has 0 aromatic heterocycles. The molecule has 0 aliphatic carbocycles. The van der Waals surface area contributed by atoms with Gasteiger partial charge in [0.25, 0.3) is 0 Å². The Morgan fingerprint density at radius 1 is 1.29 bits per heavy atom. The SMILES string of the molecule is CCCC(C)C(=O)N1CCN(C2CNC2)CC1. The third-order valence-electron chi connectivity index (χ3n) is 4.05. The summed E-state index contributed by atoms with van der Waals surface area (Å²) in [5.41, 5.74) is 0. The molecule has 2 heterocycles. The highest BCUT2D eigenvalue weighted by molar-refractivity contribution is 5.78. The van der Waals surface area contributed by atoms with Gasteiger partial charge in [-0.2, -0.15) is 0 Å². The number of carbonyl (C=O) groups excluding carboxylic acids is 1. The quantitative estimate of drug-likeness (QED) is 0.778. The molecule has 1 N–H and O–H groups in total. The van der Waals surface area contributed by atoms with Gasteiger partial charge in [-0.1, -0.05) is 20.3 Å². The second-order valence-electron chi connectivity index (χ2n) is 5.36. The Hall–Kier alpha value is -0.610. The van der Waals surface area contributed by atoms with Crippen LogP contribution in [0.15, 0.2) is 0 Å². The van der Waals surface area contributed by atoms with Crippen molar-refractivity contribution in [3.63, 3.8) is 0 Å². The number of carbonyl (C=O) groups is 1. The first-order valence-corrected chi connectivity index (χ1v) is 6.96. The third-order valence-corrected chi connectivity index (χ3v) is 4.05. The molecule has 0 bridgehead atoms. The van der Waals surface area contributed by atoms with E-state index >= 15 is 0 Å². The first kappa shape index (κ1) is 12.8. The molecule has 2 rings (SSSR count). The van der Waals surface area contributed by atoms with Crippen LogP contribution < -0.4 is 5.32 Å². The van der Waals surface area contributed by atoms with Crippen molar-refractivity contribution in [3.8, 4) is 0 Å². The predicted molar refractivity (Wildman–Crippen MR) is 68.9 cm³/mol. The number of rotatable bonds is 4. The monoisotopic (exact) mass is 239 g/mol. The highest BCUT2D eigenvalue weighted by Gasteiger charge is 2.30. The third kappa shape index (κ3) is 2.99. The van der Waals surface area contributed by atoms with E-state index < -0.39 is 0 Å². The number of hydrogen-bond acceptors (Lipinski definition) is 3. The van der Waals surface area contributed by atoms with Gasteiger partial charge in [0.05, 0.1) is 0 Å². The van der Waals surface area contributed by atoms with Gasteiger partial charge in [0.15, 0.2) is 0 Å². The average Bonchev–Trinajstić information content (AvgIpc) is 2.27. The van der Waals surface area contributed by atoms with E-state index in [0.717, 1.165) is 58.2 Å². The zero-order chi connectivity index (χ0) is 12.3. The van der Waals surface area contributed by atoms with E-state index in [9.17, 15) is 4.79 Å². The summed E-state index contributed by atoms with van der Waals surface area (Å²) >= 11 is 0. The van der Waals surface area contributed by atoms with Gasteiger partial charge in [-0.05, 0) is 6.42 Å². The van der Waals surface area contributed by atoms with Crippen LogP contribution in [0.2, 0.25) is 0 Å². The highest BCUT2D eigenvalue weighted by Crippen LogP contribution is 2.14. The molecule has 0 radical (unpaired) electrons. The molecule has 0 spiro atoms. The van der Waals surface area contributed by atoms with Crippen molar-refractivity contribution in [2.75, 3.05) is 39.3 Å². The fraction of sp³-hybridized carbons (Fsp3) is 0.923. The van der Waals surface area contributed by atoms with Crippen LogP contribution in [0.25, 0.3) is 0 Å². The summed E-state index contributed by atoms with van der Waals surface area (Å²) in [6.07, 6.45) is 2.12. The topological polar surface area (TPSA) is 35.6 Å². The normalized spacial score (nSPS) is 24.5. The van der Waals surface area contributed by atoms with E-state index in [0.29, 0.717) is 5.91 Å². The lowest BCUT2D eigenvalue weighted by Crippen LogP contribution is -2.62. The molecule has 98 valence electrons. The first-order chi connectivity index (χ1) is 8.22. The maximum atomic E-state index is 12.1. The summed E-state index contributed by atoms with van der Waals surface area (Å²) in [4.78, 5) is 16.7. The molecule has 0 aromatic rings. The molecule has 1 amide bonds. The van der Waals surface area contributed by atoms with Crippen LogP contribution in [0.3, 0.4) is 0 Å². The van der Waals surface area contributed by atoms with Crippen molar-refractivity contribution in [1.82, 2.24) is 15.1 Å². The van der Waals surface area contributed by atoms with Crippen LogP contribution in [-0.4, -0.2) is 61.0 Å². The molecule has 17 heavy (non-hydrogen) atoms. The summed E-state index contributed by atoms with van der Waals surface area (Å²) in [6.45, 7) is 10.4. The fourth-order valence-corrected chi connectivity index (χ4v) is 2.71. The van der Waals surface area contributed by atoms with Gasteiger partial charge in [0.2, 0.25) is 5.91 Å². The minimum absolute atomic E-state index is 0.205. The number of piperazine rings is 1. The number of hydrogen-bond donors (Lipinski definition) is 1. The van der Waals surface area contributed by atoms with Crippen molar-refractivity contribution in [2.45, 2.75) is 32.7 Å². The fourth-order valence-electron chi connectivity index (χ4n) is 2.71. The lowest BCUT2D eigenvalue weighted by atomic mass is 10.0. The Bertz CT molecular complexity index is 257. The second kappa shape index (κ2) is 5.83. The Balaban J connectivity index is 1.75. The molecule has 4 heteroatoms. The largest absolute Gasteiger partial charge is 0.340 e. The van der Waals surface area contributed by atoms with Gasteiger partial charge in [-0.15, -0.1) is 0 Å². The van der Waals surface area contributed by atoms with Crippen LogP contribution >= 0.6 is 0 Å². The molecular formula is C13H25N3O. The molecular weight excluding hydrogens is 214 g/mol. The maximum absolute atomic E-state index is 12.1. The van der Waals surface area contributed by atoms with Gasteiger partial charge in [0, 0.05) is 51.2 Å². The molecule has 1 atom stereocenters. The van der Waals surface area contributed by atoms with Crippen LogP contribution in [-0.2, 0) is 4.79 Å². The molecule has 4 nitrogen and oxygen atoms in total. The lowest BCUT2D eigenvalue weighted by Gasteiger charge is -2.43. The summed E-state index contributed by atoms with van der Waals surface area (Å²) < 4.78 is 0. The van der Waals surface area contributed by atoms with E-state index in [1.807, 2.05) is 0 Å². The van der Waals surface area contributed by atoms with Crippen LogP contribution in [0.5, 0.6) is 0 Å². The van der Waals surface area contributed by atoms with Gasteiger partial charge < -0.3 is 10.2 Å². The Labute approximate surface area is 104 Å². The molecule has 2 aliphatic heterocycles. The van der Waals surface area contributed by atoms with Crippen molar-refractivity contribution >= 4 is 5.91 Å². The van der Waals surface area contributed by atoms with E-state index in [4.69, 9.17) is 0 Å². The highest BCUT2D eigenvalue weighted by atomic mass is 16.2. The number of amides is 1. The van der Waals surface area contributed by atoms with Gasteiger partial charge in [0.1, 0.15) is 0 Å². The predicted octanol–water partition coefficient (Wildman–Crippen LogP) is 0.539. The van der Waals surface area contributed by atoms with Gasteiger partial charge in [-0.25, -0.2) is 0 Å². The van der Waals surface area contributed by atoms with E-state index in [1.54, 1.807) is 0 Å². The first-order valence-electron chi connectivity index (χ1n) is 6.96. The Kier molecular flexibility index (Phi) is 4.40. The Morgan fingerprint density at radius 2 is 1.94 bits per heavy atom. The van der Waals surface area contributed by atoms with Crippen LogP contribution in [0, 0.1) is 5.92 Å². The van der Waals surface area contributed by atoms with Crippen molar-refractivity contribution in [3.05, 3.63) is 0 Å². The second-order valence-corrected chi connectivity index (χ2v) is 5.36. The van der Waals surface area contributed by atoms with E-state index in [2.05, 4.69) is 29.0 Å². The zero-order valence-electron chi connectivity index (χ0n) is 11.1. The molecule has 0 aromatic carbocycles. The lowest BCUT2D eigenvalue weighted by molar-refractivity contribution is -0.137. The number of nitrogens with zero attached hydrogens (tertiary/aromatic N) is 2. The van der Waals surface area contributed by atoms with Crippen molar-refractivity contribution in [2.24, 2.45) is 5.92 Å². The minimum atomic E-state index is 0.205. The molecule has 1 unspecified atom stereocenters. The summed E-state index contributed by atoms with van der Waals surface area (Å²) in [6, 6.07) is 0.723. The van der Waals surface area contributed by atoms with Crippen LogP contribution in [0.4, 0.5) is 0 Å². The summed E-state index contributed by atoms with van der Waals surface area (Å²) in [5.74, 6) is 0.565. The number of nitrogens with one attached hydrogen (secondary N) is 1. The van der Waals surface area contributed by atoms with Gasteiger partial charge >= 0.3 is 0 Å². The summed E-state index contributed by atoms with van der Waals surface area (Å²) in [7, 11) is 0. The van der Waals surface area contributed by atoms with Crippen molar-refractivity contribution in [1.29, 1.82) is 0 Å². The summed E-state index contributed by atoms with van der Waals surface area (Å²) in [5, 5.41) is 3.31. The molecule has 2 fully saturated rings. The molecule has 2 aliphatic rings. The van der Waals surface area contributed by atoms with E-state index in [-0.39, 0.29) is 5.92 Å². The maximum Gasteiger partial charge on any atom is 0.225 e. The van der Waals surface area contributed by atoms with Gasteiger partial charge in [-0.3, -0.25) is 9.69 Å². The zero-order valence-corrected chi connectivity index (χ0v) is 11.1. The average molecular weight is 239 g/mol. The minimum Gasteiger partial charge on any atom is -0.340 e. The Morgan fingerprint density at radius 3 is 2.41 bits per heavy atom. The van der Waals surface area contributed by atoms with E-state index in [1.165, 1.54) is 0 Å². The van der Waals surface area contributed by atoms with Crippen LogP contribution in [0.1, 0.15) is 26.7 Å². The molecule has 0 saturated carbocycles. The smallest absolute Gasteiger partial charge is 0.225 e. The standard InChI is InChI=1S/C13H25N3O/c1-3-4-11(2)13(17)16-7-5-15(6-8-16)12-9-14-10-12/h11-12,14H,3-10H2,1-2H3.